The van der Waals surface area contributed by atoms with Crippen LogP contribution in [0.4, 0.5) is 70.2 Å². The van der Waals surface area contributed by atoms with Gasteiger partial charge in [-0.25, -0.2) is 0 Å². The Kier molecular flexibility index (Phi) is 7.26. The molecule has 0 aliphatic rings. The van der Waals surface area contributed by atoms with Crippen molar-refractivity contribution in [3.63, 3.8) is 0 Å². The largest absolute Gasteiger partial charge is 0.460 e. The van der Waals surface area contributed by atoms with Crippen molar-refractivity contribution in [1.29, 1.82) is 10.5 Å². The van der Waals surface area contributed by atoms with Crippen LogP contribution >= 0.6 is 0 Å². The fourth-order valence-electron chi connectivity index (χ4n) is 1.25. The Labute approximate surface area is 158 Å². The van der Waals surface area contributed by atoms with Crippen molar-refractivity contribution in [2.45, 2.75) is 36.0 Å². The molecule has 0 fully saturated rings. The van der Waals surface area contributed by atoms with Crippen LogP contribution in [0, 0.1) is 22.7 Å². The number of nitrogens with zero attached hydrogens (tertiary/aromatic N) is 2. The molecule has 0 saturated heterocycles. The number of allylic oxidation sites excluding steroid dienone is 4. The van der Waals surface area contributed by atoms with Crippen LogP contribution in [-0.2, 0) is 4.74 Å². The van der Waals surface area contributed by atoms with Crippen molar-refractivity contribution in [3.05, 3.63) is 23.2 Å². The lowest BCUT2D eigenvalue weighted by Gasteiger charge is -2.27. The highest BCUT2D eigenvalue weighted by Crippen LogP contribution is 2.52. The van der Waals surface area contributed by atoms with Gasteiger partial charge in [-0.15, -0.1) is 0 Å². The summed E-state index contributed by atoms with van der Waals surface area (Å²) in [5.74, 6) is -43.9. The van der Waals surface area contributed by atoms with E-state index >= 15 is 0 Å². The third-order valence-corrected chi connectivity index (χ3v) is 2.86. The summed E-state index contributed by atoms with van der Waals surface area (Å²) in [6.07, 6.45) is -14.5. The minimum absolute atomic E-state index is 0.133. The average molecular weight is 492 g/mol. The van der Waals surface area contributed by atoms with E-state index in [1.165, 1.54) is 0 Å². The van der Waals surface area contributed by atoms with Gasteiger partial charge in [-0.1, -0.05) is 0 Å². The Morgan fingerprint density at radius 2 is 0.742 bits per heavy atom. The highest BCUT2D eigenvalue weighted by Gasteiger charge is 2.77. The molecule has 0 radical (unpaired) electrons. The van der Waals surface area contributed by atoms with Gasteiger partial charge < -0.3 is 4.74 Å². The van der Waals surface area contributed by atoms with E-state index in [1.807, 2.05) is 0 Å². The van der Waals surface area contributed by atoms with Crippen LogP contribution in [0.5, 0.6) is 0 Å². The van der Waals surface area contributed by atoms with Crippen LogP contribution in [0.3, 0.4) is 0 Å². The first-order valence-corrected chi connectivity index (χ1v) is 6.38. The zero-order valence-corrected chi connectivity index (χ0v) is 13.4. The quantitative estimate of drug-likeness (QED) is 0.257. The van der Waals surface area contributed by atoms with E-state index in [2.05, 4.69) is 4.74 Å². The third kappa shape index (κ3) is 4.59. The third-order valence-electron chi connectivity index (χ3n) is 2.86. The summed E-state index contributed by atoms with van der Waals surface area (Å²) in [6, 6.07) is -0.267. The van der Waals surface area contributed by atoms with Crippen molar-refractivity contribution in [3.8, 4) is 12.1 Å². The van der Waals surface area contributed by atoms with Crippen LogP contribution in [0.2, 0.25) is 0 Å². The first kappa shape index (κ1) is 28.1. The molecule has 0 aliphatic heterocycles. The van der Waals surface area contributed by atoms with Crippen molar-refractivity contribution >= 4 is 0 Å². The normalized spacial score (nSPS) is 16.1. The van der Waals surface area contributed by atoms with E-state index < -0.39 is 59.2 Å². The van der Waals surface area contributed by atoms with Crippen LogP contribution < -0.4 is 0 Å². The van der Waals surface area contributed by atoms with Gasteiger partial charge in [-0.2, -0.15) is 80.8 Å². The number of hydrogen-bond donors (Lipinski definition) is 0. The average Bonchev–Trinajstić information content (AvgIpc) is 2.59. The number of halogens is 16. The number of ether oxygens (including phenoxy) is 1. The second-order valence-electron chi connectivity index (χ2n) is 4.90. The zero-order chi connectivity index (χ0) is 25.4. The van der Waals surface area contributed by atoms with Crippen LogP contribution in [-0.4, -0.2) is 36.0 Å². The van der Waals surface area contributed by atoms with Crippen LogP contribution in [0.15, 0.2) is 23.2 Å². The van der Waals surface area contributed by atoms with Gasteiger partial charge in [-0.3, -0.25) is 0 Å². The first-order valence-electron chi connectivity index (χ1n) is 6.38. The number of nitriles is 2. The molecule has 0 N–H and O–H groups in total. The Morgan fingerprint density at radius 3 is 0.903 bits per heavy atom. The highest BCUT2D eigenvalue weighted by molar-refractivity contribution is 5.32. The molecule has 31 heavy (non-hydrogen) atoms. The molecule has 0 amide bonds. The monoisotopic (exact) mass is 492 g/mol. The van der Waals surface area contributed by atoms with Crippen LogP contribution in [0.25, 0.3) is 0 Å². The van der Waals surface area contributed by atoms with Crippen molar-refractivity contribution < 1.29 is 75.0 Å². The lowest BCUT2D eigenvalue weighted by Crippen LogP contribution is -2.53. The van der Waals surface area contributed by atoms with Crippen molar-refractivity contribution in [1.82, 2.24) is 0 Å². The number of rotatable bonds is 6. The van der Waals surface area contributed by atoms with E-state index in [0.29, 0.717) is 0 Å². The van der Waals surface area contributed by atoms with Crippen molar-refractivity contribution in [2.75, 3.05) is 0 Å². The number of hydrogen-bond acceptors (Lipinski definition) is 3. The Morgan fingerprint density at radius 1 is 0.516 bits per heavy atom. The minimum atomic E-state index is -7.34. The molecule has 0 spiro atoms. The van der Waals surface area contributed by atoms with Gasteiger partial charge in [0.2, 0.25) is 23.2 Å². The van der Waals surface area contributed by atoms with Crippen molar-refractivity contribution in [2.24, 2.45) is 0 Å². The SMILES string of the molecule is N#CC(OC(C#N)=C(F)C(F)(F)C(F)(F)C(F)(F)F)=C(F)C(F)(F)C(F)(F)C(F)(F)F. The fraction of sp³-hybridized carbons (Fsp3) is 0.500. The maximum Gasteiger partial charge on any atom is 0.460 e. The molecule has 0 unspecified atom stereocenters. The Hall–Kier alpha value is -2.86. The molecule has 0 bridgehead atoms. The van der Waals surface area contributed by atoms with Gasteiger partial charge in [0.05, 0.1) is 0 Å². The summed E-state index contributed by atoms with van der Waals surface area (Å²) >= 11 is 0. The van der Waals surface area contributed by atoms with E-state index in [0.717, 1.165) is 0 Å². The second kappa shape index (κ2) is 8.00. The summed E-state index contributed by atoms with van der Waals surface area (Å²) in [6.45, 7) is 0. The molecule has 0 aliphatic carbocycles. The Bertz CT molecular complexity index is 778. The fourth-order valence-corrected chi connectivity index (χ4v) is 1.25. The van der Waals surface area contributed by atoms with E-state index in [1.54, 1.807) is 0 Å². The predicted octanol–water partition coefficient (Wildman–Crippen LogP) is 6.08. The molecule has 0 saturated carbocycles. The molecule has 0 heterocycles. The summed E-state index contributed by atoms with van der Waals surface area (Å²) in [5.41, 5.74) is 0. The van der Waals surface area contributed by atoms with E-state index in [9.17, 15) is 70.2 Å². The van der Waals surface area contributed by atoms with Gasteiger partial charge in [0.15, 0.2) is 0 Å². The van der Waals surface area contributed by atoms with E-state index in [-0.39, 0.29) is 12.1 Å². The summed E-state index contributed by atoms with van der Waals surface area (Å²) in [7, 11) is 0. The minimum Gasteiger partial charge on any atom is -0.429 e. The summed E-state index contributed by atoms with van der Waals surface area (Å²) in [4.78, 5) is 0. The molecular formula is C12F16N2O. The molecule has 3 nitrogen and oxygen atoms in total. The molecule has 0 atom stereocenters. The van der Waals surface area contributed by atoms with Gasteiger partial charge in [0.25, 0.3) is 0 Å². The topological polar surface area (TPSA) is 56.8 Å². The standard InChI is InChI=1S/C12F16N2O/c13-5(7(15,16)9(19,20)11(23,24)25)3(1-29)31-4(2-30)6(14)8(17,18)10(21,22)12(26,27)28. The maximum atomic E-state index is 13.4. The molecule has 0 aromatic heterocycles. The zero-order valence-electron chi connectivity index (χ0n) is 13.4. The molecule has 176 valence electrons. The highest BCUT2D eigenvalue weighted by atomic mass is 19.4. The van der Waals surface area contributed by atoms with Crippen LogP contribution in [0.1, 0.15) is 0 Å². The van der Waals surface area contributed by atoms with Gasteiger partial charge in [0, 0.05) is 0 Å². The summed E-state index contributed by atoms with van der Waals surface area (Å²) in [5, 5.41) is 16.5. The molecule has 0 aromatic carbocycles. The van der Waals surface area contributed by atoms with Gasteiger partial charge >= 0.3 is 36.0 Å². The number of alkyl halides is 14. The molecule has 0 rings (SSSR count). The van der Waals surface area contributed by atoms with Gasteiger partial charge in [0.1, 0.15) is 12.1 Å². The molecule has 0 aromatic rings. The maximum absolute atomic E-state index is 13.4. The lowest BCUT2D eigenvalue weighted by atomic mass is 10.1. The molecule has 19 heteroatoms. The molecular weight excluding hydrogens is 492 g/mol. The summed E-state index contributed by atoms with van der Waals surface area (Å²) < 4.78 is 205. The van der Waals surface area contributed by atoms with Gasteiger partial charge in [-0.05, 0) is 0 Å². The first-order chi connectivity index (χ1) is 13.4. The predicted molar refractivity (Wildman–Crippen MR) is 60.5 cm³/mol. The lowest BCUT2D eigenvalue weighted by molar-refractivity contribution is -0.348. The smallest absolute Gasteiger partial charge is 0.429 e. The Balaban J connectivity index is 6.68. The second-order valence-corrected chi connectivity index (χ2v) is 4.90. The van der Waals surface area contributed by atoms with E-state index in [4.69, 9.17) is 10.5 Å².